The van der Waals surface area contributed by atoms with Crippen molar-refractivity contribution in [1.82, 2.24) is 9.88 Å². The van der Waals surface area contributed by atoms with Gasteiger partial charge >= 0.3 is 0 Å². The minimum Gasteiger partial charge on any atom is -0.507 e. The Morgan fingerprint density at radius 3 is 2.53 bits per heavy atom. The highest BCUT2D eigenvalue weighted by atomic mass is 19.1. The average molecular weight is 435 g/mol. The highest BCUT2D eigenvalue weighted by molar-refractivity contribution is 5.89. The molecule has 1 saturated heterocycles. The number of likely N-dealkylation sites (N-methyl/N-ethyl adjacent to an activating group) is 1. The molecule has 7 heteroatoms. The van der Waals surface area contributed by atoms with Gasteiger partial charge in [-0.2, -0.15) is 0 Å². The zero-order chi connectivity index (χ0) is 22.8. The number of benzene rings is 2. The Bertz CT molecular complexity index is 1130. The van der Waals surface area contributed by atoms with Crippen LogP contribution in [0.15, 0.2) is 54.6 Å². The number of carbonyl (C=O) groups is 1. The van der Waals surface area contributed by atoms with Gasteiger partial charge in [0.2, 0.25) is 5.91 Å². The number of phenols is 1. The number of hydrogen-bond donors (Lipinski definition) is 2. The van der Waals surface area contributed by atoms with Gasteiger partial charge in [0.15, 0.2) is 0 Å². The smallest absolute Gasteiger partial charge is 0.221 e. The van der Waals surface area contributed by atoms with E-state index in [1.165, 1.54) is 25.1 Å². The van der Waals surface area contributed by atoms with Crippen LogP contribution in [0.1, 0.15) is 13.3 Å². The predicted molar refractivity (Wildman–Crippen MR) is 125 cm³/mol. The van der Waals surface area contributed by atoms with Gasteiger partial charge < -0.3 is 20.2 Å². The zero-order valence-electron chi connectivity index (χ0n) is 18.5. The third-order valence-electron chi connectivity index (χ3n) is 5.80. The van der Waals surface area contributed by atoms with E-state index in [0.717, 1.165) is 36.5 Å². The molecular formula is C25H27FN4O2. The fourth-order valence-corrected chi connectivity index (χ4v) is 4.02. The molecule has 1 aliphatic rings. The molecule has 2 aromatic carbocycles. The first-order chi connectivity index (χ1) is 15.3. The topological polar surface area (TPSA) is 68.7 Å². The lowest BCUT2D eigenvalue weighted by molar-refractivity contribution is -0.114. The number of aromatic hydroxyl groups is 1. The number of carbonyl (C=O) groups excluding carboxylic acids is 1. The van der Waals surface area contributed by atoms with E-state index in [1.54, 1.807) is 0 Å². The van der Waals surface area contributed by atoms with E-state index in [2.05, 4.69) is 29.2 Å². The van der Waals surface area contributed by atoms with Gasteiger partial charge in [-0.15, -0.1) is 0 Å². The fraction of sp³-hybridized carbons (Fsp3) is 0.280. The first kappa shape index (κ1) is 21.8. The molecule has 1 aromatic heterocycles. The van der Waals surface area contributed by atoms with Gasteiger partial charge in [0.1, 0.15) is 17.4 Å². The molecule has 0 aliphatic carbocycles. The van der Waals surface area contributed by atoms with Gasteiger partial charge in [-0.1, -0.05) is 12.1 Å². The van der Waals surface area contributed by atoms with Gasteiger partial charge in [0, 0.05) is 37.3 Å². The Labute approximate surface area is 187 Å². The normalized spacial score (nSPS) is 15.9. The largest absolute Gasteiger partial charge is 0.507 e. The van der Waals surface area contributed by atoms with Crippen molar-refractivity contribution < 1.29 is 14.3 Å². The lowest BCUT2D eigenvalue weighted by Gasteiger charge is -2.22. The summed E-state index contributed by atoms with van der Waals surface area (Å²) >= 11 is 0. The number of phenolic OH excluding ortho intramolecular Hbond substituents is 1. The van der Waals surface area contributed by atoms with Crippen molar-refractivity contribution in [1.29, 1.82) is 0 Å². The molecule has 1 atom stereocenters. The van der Waals surface area contributed by atoms with Gasteiger partial charge in [-0.05, 0) is 74.1 Å². The summed E-state index contributed by atoms with van der Waals surface area (Å²) in [6.07, 6.45) is 1.03. The van der Waals surface area contributed by atoms with Crippen LogP contribution in [-0.2, 0) is 4.79 Å². The Kier molecular flexibility index (Phi) is 6.10. The molecule has 1 fully saturated rings. The second-order valence-corrected chi connectivity index (χ2v) is 8.37. The highest BCUT2D eigenvalue weighted by Crippen LogP contribution is 2.35. The number of rotatable bonds is 5. The maximum Gasteiger partial charge on any atom is 0.221 e. The van der Waals surface area contributed by atoms with Crippen LogP contribution >= 0.6 is 0 Å². The first-order valence-corrected chi connectivity index (χ1v) is 10.6. The number of pyridine rings is 1. The second-order valence-electron chi connectivity index (χ2n) is 8.37. The van der Waals surface area contributed by atoms with Crippen molar-refractivity contribution in [2.45, 2.75) is 19.4 Å². The summed E-state index contributed by atoms with van der Waals surface area (Å²) in [5, 5.41) is 13.1. The van der Waals surface area contributed by atoms with Crippen LogP contribution in [0.2, 0.25) is 0 Å². The molecule has 2 heterocycles. The average Bonchev–Trinajstić information content (AvgIpc) is 3.26. The molecule has 6 nitrogen and oxygen atoms in total. The monoisotopic (exact) mass is 434 g/mol. The van der Waals surface area contributed by atoms with Crippen molar-refractivity contribution in [2.75, 3.05) is 37.4 Å². The van der Waals surface area contributed by atoms with Crippen LogP contribution in [-0.4, -0.2) is 54.1 Å². The quantitative estimate of drug-likeness (QED) is 0.625. The van der Waals surface area contributed by atoms with Crippen LogP contribution < -0.4 is 10.2 Å². The molecule has 1 amide bonds. The number of anilines is 2. The molecule has 2 N–H and O–H groups in total. The van der Waals surface area contributed by atoms with Gasteiger partial charge in [0.05, 0.1) is 5.69 Å². The van der Waals surface area contributed by atoms with E-state index in [9.17, 15) is 14.3 Å². The van der Waals surface area contributed by atoms with Crippen molar-refractivity contribution in [3.63, 3.8) is 0 Å². The maximum atomic E-state index is 14.0. The fourth-order valence-electron chi connectivity index (χ4n) is 4.02. The molecule has 166 valence electrons. The molecule has 1 aliphatic heterocycles. The minimum absolute atomic E-state index is 0.0180. The van der Waals surface area contributed by atoms with Crippen LogP contribution in [0.5, 0.6) is 5.75 Å². The van der Waals surface area contributed by atoms with Gasteiger partial charge in [-0.3, -0.25) is 4.79 Å². The van der Waals surface area contributed by atoms with Gasteiger partial charge in [-0.25, -0.2) is 9.37 Å². The van der Waals surface area contributed by atoms with Crippen LogP contribution in [0.4, 0.5) is 15.9 Å². The Balaban J connectivity index is 1.77. The SMILES string of the molecule is CC(=O)Nc1ccc(-c2cc(-c3cc(F)ccc3O)nc(N3CCC(N(C)C)C3)c2)cc1. The summed E-state index contributed by atoms with van der Waals surface area (Å²) in [6.45, 7) is 3.19. The summed E-state index contributed by atoms with van der Waals surface area (Å²) in [4.78, 5) is 20.5. The number of halogens is 1. The molecule has 0 bridgehead atoms. The van der Waals surface area contributed by atoms with Crippen molar-refractivity contribution in [3.05, 3.63) is 60.4 Å². The summed E-state index contributed by atoms with van der Waals surface area (Å²) < 4.78 is 14.0. The number of aromatic nitrogens is 1. The van der Waals surface area contributed by atoms with Crippen molar-refractivity contribution >= 4 is 17.4 Å². The van der Waals surface area contributed by atoms with E-state index >= 15 is 0 Å². The number of nitrogens with one attached hydrogen (secondary N) is 1. The zero-order valence-corrected chi connectivity index (χ0v) is 18.5. The van der Waals surface area contributed by atoms with Crippen LogP contribution in [0.25, 0.3) is 22.4 Å². The highest BCUT2D eigenvalue weighted by Gasteiger charge is 2.26. The van der Waals surface area contributed by atoms with Crippen molar-refractivity contribution in [3.8, 4) is 28.1 Å². The summed E-state index contributed by atoms with van der Waals surface area (Å²) in [6, 6.07) is 15.7. The molecule has 0 radical (unpaired) electrons. The third-order valence-corrected chi connectivity index (χ3v) is 5.80. The molecule has 32 heavy (non-hydrogen) atoms. The third kappa shape index (κ3) is 4.73. The van der Waals surface area contributed by atoms with Crippen LogP contribution in [0.3, 0.4) is 0 Å². The summed E-state index contributed by atoms with van der Waals surface area (Å²) in [5.41, 5.74) is 3.41. The summed E-state index contributed by atoms with van der Waals surface area (Å²) in [7, 11) is 4.15. The van der Waals surface area contributed by atoms with E-state index in [0.29, 0.717) is 23.0 Å². The molecule has 1 unspecified atom stereocenters. The lowest BCUT2D eigenvalue weighted by atomic mass is 10.0. The standard InChI is InChI=1S/C25H27FN4O2/c1-16(31)27-20-7-4-17(5-8-20)18-12-23(22-14-19(26)6-9-24(22)32)28-25(13-18)30-11-10-21(15-30)29(2)3/h4-9,12-14,21,32H,10-11,15H2,1-3H3,(H,27,31). The number of nitrogens with zero attached hydrogens (tertiary/aromatic N) is 3. The summed E-state index contributed by atoms with van der Waals surface area (Å²) in [5.74, 6) is 0.212. The van der Waals surface area contributed by atoms with Gasteiger partial charge in [0.25, 0.3) is 0 Å². The molecular weight excluding hydrogens is 407 g/mol. The number of hydrogen-bond acceptors (Lipinski definition) is 5. The lowest BCUT2D eigenvalue weighted by Crippen LogP contribution is -2.31. The number of amides is 1. The van der Waals surface area contributed by atoms with E-state index < -0.39 is 5.82 Å². The maximum absolute atomic E-state index is 14.0. The van der Waals surface area contributed by atoms with E-state index in [-0.39, 0.29) is 11.7 Å². The Morgan fingerprint density at radius 2 is 1.88 bits per heavy atom. The molecule has 0 saturated carbocycles. The first-order valence-electron chi connectivity index (χ1n) is 10.6. The molecule has 0 spiro atoms. The molecule has 3 aromatic rings. The van der Waals surface area contributed by atoms with Crippen LogP contribution in [0, 0.1) is 5.82 Å². The van der Waals surface area contributed by atoms with E-state index in [1.807, 2.05) is 36.4 Å². The predicted octanol–water partition coefficient (Wildman–Crippen LogP) is 4.36. The van der Waals surface area contributed by atoms with Crippen molar-refractivity contribution in [2.24, 2.45) is 0 Å². The Morgan fingerprint density at radius 1 is 1.12 bits per heavy atom. The molecule has 4 rings (SSSR count). The van der Waals surface area contributed by atoms with E-state index in [4.69, 9.17) is 4.98 Å². The second kappa shape index (κ2) is 8.96. The Hall–Kier alpha value is -3.45. The minimum atomic E-state index is -0.431.